The van der Waals surface area contributed by atoms with E-state index in [4.69, 9.17) is 9.84 Å². The van der Waals surface area contributed by atoms with E-state index in [9.17, 15) is 13.2 Å². The largest absolute Gasteiger partial charge is 0.488 e. The maximum absolute atomic E-state index is 13.7. The Bertz CT molecular complexity index is 632. The molecule has 0 aliphatic heterocycles. The fourth-order valence-corrected chi connectivity index (χ4v) is 2.04. The van der Waals surface area contributed by atoms with Crippen molar-refractivity contribution < 1.29 is 23.0 Å². The van der Waals surface area contributed by atoms with Gasteiger partial charge < -0.3 is 9.84 Å². The van der Waals surface area contributed by atoms with Gasteiger partial charge >= 0.3 is 0 Å². The highest BCUT2D eigenvalue weighted by atomic mass is 79.9. The first kappa shape index (κ1) is 14.9. The molecule has 2 aromatic rings. The lowest BCUT2D eigenvalue weighted by Gasteiger charge is -2.12. The summed E-state index contributed by atoms with van der Waals surface area (Å²) in [6, 6.07) is 5.91. The predicted octanol–water partition coefficient (Wildman–Crippen LogP) is 3.94. The number of benzene rings is 2. The van der Waals surface area contributed by atoms with Crippen LogP contribution in [0.25, 0.3) is 0 Å². The minimum atomic E-state index is -0.752. The number of aliphatic hydroxyl groups is 1. The quantitative estimate of drug-likeness (QED) is 0.849. The zero-order valence-corrected chi connectivity index (χ0v) is 11.8. The summed E-state index contributed by atoms with van der Waals surface area (Å²) >= 11 is 2.96. The van der Waals surface area contributed by atoms with Gasteiger partial charge in [-0.15, -0.1) is 0 Å². The molecule has 1 N–H and O–H groups in total. The Hall–Kier alpha value is -1.53. The van der Waals surface area contributed by atoms with Crippen molar-refractivity contribution >= 4 is 15.9 Å². The van der Waals surface area contributed by atoms with Gasteiger partial charge in [-0.2, -0.15) is 0 Å². The zero-order valence-electron chi connectivity index (χ0n) is 10.2. The van der Waals surface area contributed by atoms with Crippen LogP contribution in [0.15, 0.2) is 34.8 Å². The van der Waals surface area contributed by atoms with E-state index in [1.54, 1.807) is 0 Å². The molecule has 0 spiro atoms. The van der Waals surface area contributed by atoms with Gasteiger partial charge in [0.25, 0.3) is 0 Å². The van der Waals surface area contributed by atoms with Gasteiger partial charge in [-0.05, 0) is 46.3 Å². The summed E-state index contributed by atoms with van der Waals surface area (Å²) in [6.45, 7) is -0.799. The van der Waals surface area contributed by atoms with Crippen molar-refractivity contribution in [3.8, 4) is 5.75 Å². The minimum absolute atomic E-state index is 0.124. The lowest BCUT2D eigenvalue weighted by molar-refractivity contribution is 0.254. The number of halogens is 4. The molecule has 2 nitrogen and oxygen atoms in total. The first-order chi connectivity index (χ1) is 9.52. The van der Waals surface area contributed by atoms with E-state index in [0.717, 1.165) is 18.2 Å². The highest BCUT2D eigenvalue weighted by Crippen LogP contribution is 2.25. The van der Waals surface area contributed by atoms with Crippen LogP contribution in [0.2, 0.25) is 0 Å². The smallest absolute Gasteiger partial charge is 0.146 e. The molecular formula is C14H10BrF3O2. The average Bonchev–Trinajstić information content (AvgIpc) is 2.44. The van der Waals surface area contributed by atoms with E-state index >= 15 is 0 Å². The second-order valence-electron chi connectivity index (χ2n) is 4.02. The van der Waals surface area contributed by atoms with Crippen LogP contribution in [0.3, 0.4) is 0 Å². The van der Waals surface area contributed by atoms with Gasteiger partial charge in [-0.3, -0.25) is 0 Å². The maximum Gasteiger partial charge on any atom is 0.146 e. The topological polar surface area (TPSA) is 29.5 Å². The van der Waals surface area contributed by atoms with Crippen molar-refractivity contribution in [2.75, 3.05) is 0 Å². The van der Waals surface area contributed by atoms with Crippen LogP contribution in [0, 0.1) is 17.5 Å². The lowest BCUT2D eigenvalue weighted by atomic mass is 10.2. The van der Waals surface area contributed by atoms with Gasteiger partial charge in [0, 0.05) is 5.56 Å². The number of hydrogen-bond acceptors (Lipinski definition) is 2. The first-order valence-corrected chi connectivity index (χ1v) is 6.46. The first-order valence-electron chi connectivity index (χ1n) is 5.67. The van der Waals surface area contributed by atoms with Crippen molar-refractivity contribution in [3.05, 3.63) is 63.4 Å². The van der Waals surface area contributed by atoms with Crippen molar-refractivity contribution in [3.63, 3.8) is 0 Å². The summed E-state index contributed by atoms with van der Waals surface area (Å²) in [5, 5.41) is 9.09. The van der Waals surface area contributed by atoms with Gasteiger partial charge in [-0.25, -0.2) is 13.2 Å². The Balaban J connectivity index is 2.23. The third-order valence-electron chi connectivity index (χ3n) is 2.70. The van der Waals surface area contributed by atoms with Gasteiger partial charge in [0.1, 0.15) is 29.8 Å². The Morgan fingerprint density at radius 3 is 2.55 bits per heavy atom. The molecule has 0 aliphatic carbocycles. The van der Waals surface area contributed by atoms with Gasteiger partial charge in [-0.1, -0.05) is 0 Å². The summed E-state index contributed by atoms with van der Waals surface area (Å²) in [4.78, 5) is 0. The highest BCUT2D eigenvalue weighted by Gasteiger charge is 2.14. The number of hydrogen-bond donors (Lipinski definition) is 1. The third-order valence-corrected chi connectivity index (χ3v) is 3.32. The summed E-state index contributed by atoms with van der Waals surface area (Å²) in [6.07, 6.45) is 0. The van der Waals surface area contributed by atoms with Crippen LogP contribution < -0.4 is 4.74 Å². The summed E-state index contributed by atoms with van der Waals surface area (Å²) in [7, 11) is 0. The fourth-order valence-electron chi connectivity index (χ4n) is 1.66. The molecule has 0 amide bonds. The average molecular weight is 347 g/mol. The molecule has 0 saturated carbocycles. The molecule has 6 heteroatoms. The van der Waals surface area contributed by atoms with E-state index in [1.807, 2.05) is 0 Å². The van der Waals surface area contributed by atoms with Gasteiger partial charge in [0.2, 0.25) is 0 Å². The molecule has 0 fully saturated rings. The van der Waals surface area contributed by atoms with E-state index in [-0.39, 0.29) is 28.0 Å². The van der Waals surface area contributed by atoms with Crippen molar-refractivity contribution in [2.24, 2.45) is 0 Å². The molecule has 0 unspecified atom stereocenters. The molecule has 0 aliphatic rings. The molecular weight excluding hydrogens is 337 g/mol. The second kappa shape index (κ2) is 6.28. The number of rotatable bonds is 4. The minimum Gasteiger partial charge on any atom is -0.488 e. The molecule has 2 rings (SSSR count). The summed E-state index contributed by atoms with van der Waals surface area (Å²) < 4.78 is 45.6. The third kappa shape index (κ3) is 3.13. The summed E-state index contributed by atoms with van der Waals surface area (Å²) in [5.41, 5.74) is -0.0339. The van der Waals surface area contributed by atoms with E-state index in [0.29, 0.717) is 0 Å². The fraction of sp³-hybridized carbons (Fsp3) is 0.143. The number of ether oxygens (including phenoxy) is 1. The molecule has 20 heavy (non-hydrogen) atoms. The van der Waals surface area contributed by atoms with Crippen molar-refractivity contribution in [2.45, 2.75) is 13.2 Å². The monoisotopic (exact) mass is 346 g/mol. The van der Waals surface area contributed by atoms with Crippen LogP contribution in [-0.2, 0) is 13.2 Å². The summed E-state index contributed by atoms with van der Waals surface area (Å²) in [5.74, 6) is -1.84. The van der Waals surface area contributed by atoms with Crippen LogP contribution in [0.4, 0.5) is 13.2 Å². The molecule has 0 atom stereocenters. The van der Waals surface area contributed by atoms with Crippen LogP contribution in [0.1, 0.15) is 11.1 Å². The Morgan fingerprint density at radius 1 is 1.10 bits per heavy atom. The Kier molecular flexibility index (Phi) is 4.67. The van der Waals surface area contributed by atoms with Crippen LogP contribution in [-0.4, -0.2) is 5.11 Å². The molecule has 0 aromatic heterocycles. The van der Waals surface area contributed by atoms with E-state index < -0.39 is 24.1 Å². The maximum atomic E-state index is 13.7. The molecule has 0 heterocycles. The SMILES string of the molecule is OCc1cc(F)ccc1OCc1c(F)ccc(Br)c1F. The molecule has 0 radical (unpaired) electrons. The van der Waals surface area contributed by atoms with E-state index in [2.05, 4.69) is 15.9 Å². The Morgan fingerprint density at radius 2 is 1.85 bits per heavy atom. The standard InChI is InChI=1S/C14H10BrF3O2/c15-11-2-3-12(17)10(14(11)18)7-20-13-4-1-9(16)5-8(13)6-19/h1-5,19H,6-7H2. The van der Waals surface area contributed by atoms with Crippen molar-refractivity contribution in [1.29, 1.82) is 0 Å². The van der Waals surface area contributed by atoms with Gasteiger partial charge in [0.05, 0.1) is 16.6 Å². The lowest BCUT2D eigenvalue weighted by Crippen LogP contribution is -2.04. The van der Waals surface area contributed by atoms with Crippen LogP contribution >= 0.6 is 15.9 Å². The predicted molar refractivity (Wildman–Crippen MR) is 70.7 cm³/mol. The highest BCUT2D eigenvalue weighted by molar-refractivity contribution is 9.10. The second-order valence-corrected chi connectivity index (χ2v) is 4.87. The normalized spacial score (nSPS) is 10.7. The molecule has 0 bridgehead atoms. The van der Waals surface area contributed by atoms with Gasteiger partial charge in [0.15, 0.2) is 0 Å². The molecule has 106 valence electrons. The number of aliphatic hydroxyl groups excluding tert-OH is 1. The zero-order chi connectivity index (χ0) is 14.7. The molecule has 0 saturated heterocycles. The van der Waals surface area contributed by atoms with Crippen molar-refractivity contribution in [1.82, 2.24) is 0 Å². The Labute approximate surface area is 121 Å². The molecule has 2 aromatic carbocycles. The van der Waals surface area contributed by atoms with E-state index in [1.165, 1.54) is 12.1 Å². The van der Waals surface area contributed by atoms with Crippen LogP contribution in [0.5, 0.6) is 5.75 Å².